The molecule has 12 heteroatoms. The molecule has 2 heterocycles. The number of benzene rings is 1. The van der Waals surface area contributed by atoms with Gasteiger partial charge in [-0.3, -0.25) is 28.8 Å². The van der Waals surface area contributed by atoms with Crippen LogP contribution in [0.4, 0.5) is 5.82 Å². The number of carbonyl (C=O) groups excluding carboxylic acids is 2. The number of amides is 1. The van der Waals surface area contributed by atoms with Crippen molar-refractivity contribution in [1.29, 1.82) is 0 Å². The van der Waals surface area contributed by atoms with Crippen LogP contribution in [0.3, 0.4) is 0 Å². The maximum Gasteiger partial charge on any atom is 0.332 e. The summed E-state index contributed by atoms with van der Waals surface area (Å²) in [5, 5.41) is 3.74. The summed E-state index contributed by atoms with van der Waals surface area (Å²) in [4.78, 5) is 57.3. The van der Waals surface area contributed by atoms with Gasteiger partial charge in [-0.2, -0.15) is 0 Å². The van der Waals surface area contributed by atoms with Crippen LogP contribution in [0.2, 0.25) is 0 Å². The maximum absolute atomic E-state index is 13.0. The van der Waals surface area contributed by atoms with Gasteiger partial charge >= 0.3 is 5.69 Å². The van der Waals surface area contributed by atoms with Crippen molar-refractivity contribution in [2.75, 3.05) is 12.3 Å². The Hall–Kier alpha value is -3.56. The van der Waals surface area contributed by atoms with Crippen LogP contribution in [-0.4, -0.2) is 43.4 Å². The lowest BCUT2D eigenvalue weighted by Gasteiger charge is -2.17. The number of hydrogen-bond acceptors (Lipinski definition) is 7. The van der Waals surface area contributed by atoms with E-state index in [2.05, 4.69) is 24.5 Å². The van der Waals surface area contributed by atoms with Crippen LogP contribution < -0.4 is 33.3 Å². The summed E-state index contributed by atoms with van der Waals surface area (Å²) in [5.41, 5.74) is 11.3. The maximum atomic E-state index is 13.0. The second kappa shape index (κ2) is 10.4. The first-order valence-corrected chi connectivity index (χ1v) is 10.8. The van der Waals surface area contributed by atoms with Gasteiger partial charge in [0.1, 0.15) is 11.4 Å². The SMILES string of the molecule is CCn1c(=O)c(C(=O)CNC(Cc2cnc[nH]2)C(N)=O)c(N)n(Cc2ccc(P)cc2)c1=O. The summed E-state index contributed by atoms with van der Waals surface area (Å²) in [6.45, 7) is 1.42. The lowest BCUT2D eigenvalue weighted by Crippen LogP contribution is -2.48. The number of imidazole rings is 1. The van der Waals surface area contributed by atoms with E-state index in [4.69, 9.17) is 11.5 Å². The number of aromatic nitrogens is 4. The standard InChI is InChI=1S/C21H26N7O4P/c1-2-27-20(31)17(16(29)9-25-15(19(23)30)7-13-8-24-11-26-13)18(22)28(21(27)32)10-12-3-5-14(33)6-4-12/h3-6,8,11,15,25H,2,7,9-10,22,33H2,1H3,(H2,23,30)(H,24,26). The Kier molecular flexibility index (Phi) is 7.57. The van der Waals surface area contributed by atoms with Crippen LogP contribution in [0.5, 0.6) is 0 Å². The predicted molar refractivity (Wildman–Crippen MR) is 128 cm³/mol. The second-order valence-corrected chi connectivity index (χ2v) is 8.13. The number of H-pyrrole nitrogens is 1. The van der Waals surface area contributed by atoms with Crippen molar-refractivity contribution in [2.24, 2.45) is 5.73 Å². The van der Waals surface area contributed by atoms with E-state index in [1.165, 1.54) is 17.1 Å². The molecule has 0 saturated heterocycles. The zero-order valence-corrected chi connectivity index (χ0v) is 19.2. The Morgan fingerprint density at radius 1 is 1.21 bits per heavy atom. The van der Waals surface area contributed by atoms with E-state index in [1.54, 1.807) is 6.92 Å². The number of nitrogen functional groups attached to an aromatic ring is 1. The zero-order valence-electron chi connectivity index (χ0n) is 18.1. The largest absolute Gasteiger partial charge is 0.384 e. The number of rotatable bonds is 10. The van der Waals surface area contributed by atoms with Crippen LogP contribution in [-0.2, 0) is 24.3 Å². The van der Waals surface area contributed by atoms with E-state index in [1.807, 2.05) is 24.3 Å². The molecule has 2 aromatic heterocycles. The normalized spacial score (nSPS) is 11.9. The molecule has 0 radical (unpaired) electrons. The molecule has 33 heavy (non-hydrogen) atoms. The molecule has 3 aromatic rings. The minimum atomic E-state index is -0.875. The van der Waals surface area contributed by atoms with Crippen LogP contribution in [0.1, 0.15) is 28.5 Å². The third-order valence-electron chi connectivity index (χ3n) is 5.21. The second-order valence-electron chi connectivity index (χ2n) is 7.46. The van der Waals surface area contributed by atoms with Gasteiger partial charge in [0.2, 0.25) is 5.91 Å². The molecule has 0 fully saturated rings. The third-order valence-corrected chi connectivity index (χ3v) is 5.60. The lowest BCUT2D eigenvalue weighted by atomic mass is 10.1. The topological polar surface area (TPSA) is 171 Å². The van der Waals surface area contributed by atoms with E-state index in [9.17, 15) is 19.2 Å². The Morgan fingerprint density at radius 2 is 1.91 bits per heavy atom. The van der Waals surface area contributed by atoms with Crippen molar-refractivity contribution in [3.05, 3.63) is 74.4 Å². The van der Waals surface area contributed by atoms with Gasteiger partial charge in [0, 0.05) is 24.9 Å². The minimum absolute atomic E-state index is 0.0694. The fourth-order valence-electron chi connectivity index (χ4n) is 3.41. The summed E-state index contributed by atoms with van der Waals surface area (Å²) in [6, 6.07) is 6.49. The predicted octanol–water partition coefficient (Wildman–Crippen LogP) is -1.25. The molecule has 0 aliphatic carbocycles. The Morgan fingerprint density at radius 3 is 2.48 bits per heavy atom. The molecule has 1 aromatic carbocycles. The molecule has 0 aliphatic heterocycles. The summed E-state index contributed by atoms with van der Waals surface area (Å²) in [6.07, 6.45) is 3.18. The third kappa shape index (κ3) is 5.44. The fourth-order valence-corrected chi connectivity index (χ4v) is 3.60. The van der Waals surface area contributed by atoms with Crippen molar-refractivity contribution in [2.45, 2.75) is 32.5 Å². The number of aromatic amines is 1. The molecule has 174 valence electrons. The molecule has 2 atom stereocenters. The monoisotopic (exact) mass is 471 g/mol. The first kappa shape index (κ1) is 24.1. The minimum Gasteiger partial charge on any atom is -0.384 e. The highest BCUT2D eigenvalue weighted by Crippen LogP contribution is 2.10. The Bertz CT molecular complexity index is 1260. The number of hydrogen-bond donors (Lipinski definition) is 4. The van der Waals surface area contributed by atoms with Gasteiger partial charge in [-0.15, -0.1) is 9.24 Å². The molecule has 0 spiro atoms. The van der Waals surface area contributed by atoms with E-state index < -0.39 is 29.0 Å². The molecule has 11 nitrogen and oxygen atoms in total. The van der Waals surface area contributed by atoms with E-state index in [0.29, 0.717) is 5.69 Å². The number of nitrogens with zero attached hydrogens (tertiary/aromatic N) is 3. The van der Waals surface area contributed by atoms with Gasteiger partial charge in [0.15, 0.2) is 5.78 Å². The summed E-state index contributed by atoms with van der Waals surface area (Å²) < 4.78 is 2.16. The van der Waals surface area contributed by atoms with Crippen LogP contribution in [0.15, 0.2) is 46.4 Å². The van der Waals surface area contributed by atoms with Crippen molar-refractivity contribution in [1.82, 2.24) is 24.4 Å². The fraction of sp³-hybridized carbons (Fsp3) is 0.286. The highest BCUT2D eigenvalue weighted by atomic mass is 31.0. The zero-order chi connectivity index (χ0) is 24.1. The van der Waals surface area contributed by atoms with Gasteiger partial charge in [0.25, 0.3) is 5.56 Å². The molecule has 3 rings (SSSR count). The average Bonchev–Trinajstić information content (AvgIpc) is 3.29. The smallest absolute Gasteiger partial charge is 0.332 e. The number of nitrogens with two attached hydrogens (primary N) is 2. The van der Waals surface area contributed by atoms with Crippen molar-refractivity contribution in [3.8, 4) is 0 Å². The van der Waals surface area contributed by atoms with Crippen LogP contribution >= 0.6 is 9.24 Å². The molecule has 2 unspecified atom stereocenters. The van der Waals surface area contributed by atoms with Crippen molar-refractivity contribution in [3.63, 3.8) is 0 Å². The number of anilines is 1. The number of nitrogens with one attached hydrogen (secondary N) is 2. The molecule has 1 amide bonds. The number of Topliss-reactive ketones (excluding diaryl/α,β-unsaturated/α-hetero) is 1. The van der Waals surface area contributed by atoms with E-state index in [0.717, 1.165) is 15.4 Å². The first-order chi connectivity index (χ1) is 15.7. The Labute approximate surface area is 191 Å². The van der Waals surface area contributed by atoms with Gasteiger partial charge in [-0.1, -0.05) is 24.3 Å². The van der Waals surface area contributed by atoms with Crippen LogP contribution in [0, 0.1) is 0 Å². The van der Waals surface area contributed by atoms with Gasteiger partial charge < -0.3 is 16.5 Å². The number of primary amides is 1. The van der Waals surface area contributed by atoms with Gasteiger partial charge in [-0.05, 0) is 17.8 Å². The van der Waals surface area contributed by atoms with E-state index >= 15 is 0 Å². The quantitative estimate of drug-likeness (QED) is 0.211. The molecule has 0 bridgehead atoms. The lowest BCUT2D eigenvalue weighted by molar-refractivity contribution is -0.119. The number of ketones is 1. The van der Waals surface area contributed by atoms with Gasteiger partial charge in [-0.25, -0.2) is 9.78 Å². The molecular weight excluding hydrogens is 445 g/mol. The van der Waals surface area contributed by atoms with Crippen molar-refractivity contribution < 1.29 is 9.59 Å². The number of carbonyl (C=O) groups is 2. The molecule has 0 saturated carbocycles. The van der Waals surface area contributed by atoms with E-state index in [-0.39, 0.29) is 37.4 Å². The molecular formula is C21H26N7O4P. The first-order valence-electron chi connectivity index (χ1n) is 10.2. The highest BCUT2D eigenvalue weighted by molar-refractivity contribution is 7.27. The summed E-state index contributed by atoms with van der Waals surface area (Å²) in [5.74, 6) is -1.54. The molecule has 6 N–H and O–H groups in total. The van der Waals surface area contributed by atoms with Crippen LogP contribution in [0.25, 0.3) is 0 Å². The van der Waals surface area contributed by atoms with Crippen molar-refractivity contribution >= 4 is 32.1 Å². The summed E-state index contributed by atoms with van der Waals surface area (Å²) >= 11 is 0. The molecule has 0 aliphatic rings. The Balaban J connectivity index is 1.91. The van der Waals surface area contributed by atoms with Gasteiger partial charge in [0.05, 0.1) is 25.5 Å². The average molecular weight is 471 g/mol. The summed E-state index contributed by atoms with van der Waals surface area (Å²) in [7, 11) is 2.57. The highest BCUT2D eigenvalue weighted by Gasteiger charge is 2.24.